The molecule has 0 atom stereocenters. The highest BCUT2D eigenvalue weighted by molar-refractivity contribution is 6.30. The van der Waals surface area contributed by atoms with Gasteiger partial charge in [-0.2, -0.15) is 0 Å². The Morgan fingerprint density at radius 3 is 2.56 bits per heavy atom. The van der Waals surface area contributed by atoms with Gasteiger partial charge in [0.15, 0.2) is 5.69 Å². The van der Waals surface area contributed by atoms with Gasteiger partial charge in [-0.15, -0.1) is 0 Å². The second-order valence-corrected chi connectivity index (χ2v) is 6.98. The monoisotopic (exact) mass is 382 g/mol. The molecule has 6 nitrogen and oxygen atoms in total. The summed E-state index contributed by atoms with van der Waals surface area (Å²) in [6, 6.07) is 12.7. The van der Waals surface area contributed by atoms with Gasteiger partial charge in [0.25, 0.3) is 11.8 Å². The lowest BCUT2D eigenvalue weighted by Gasteiger charge is -2.13. The van der Waals surface area contributed by atoms with E-state index in [4.69, 9.17) is 11.6 Å². The van der Waals surface area contributed by atoms with E-state index >= 15 is 0 Å². The Morgan fingerprint density at radius 1 is 1.07 bits per heavy atom. The topological polar surface area (TPSA) is 66.7 Å². The summed E-state index contributed by atoms with van der Waals surface area (Å²) in [6.07, 6.45) is 3.76. The number of hydrogen-bond acceptors (Lipinski definition) is 3. The Balaban J connectivity index is 1.60. The molecule has 0 spiro atoms. The zero-order valence-corrected chi connectivity index (χ0v) is 15.4. The van der Waals surface area contributed by atoms with Crippen LogP contribution in [0.25, 0.3) is 5.52 Å². The first-order valence-corrected chi connectivity index (χ1v) is 9.30. The molecule has 3 heterocycles. The highest BCUT2D eigenvalue weighted by Gasteiger charge is 2.26. The molecule has 27 heavy (non-hydrogen) atoms. The molecule has 2 amide bonds. The highest BCUT2D eigenvalue weighted by Crippen LogP contribution is 2.18. The van der Waals surface area contributed by atoms with E-state index in [0.29, 0.717) is 22.8 Å². The van der Waals surface area contributed by atoms with E-state index in [0.717, 1.165) is 31.5 Å². The molecule has 0 aliphatic carbocycles. The smallest absolute Gasteiger partial charge is 0.287 e. The minimum atomic E-state index is -0.327. The van der Waals surface area contributed by atoms with Gasteiger partial charge >= 0.3 is 0 Å². The van der Waals surface area contributed by atoms with Crippen LogP contribution in [-0.4, -0.2) is 39.2 Å². The summed E-state index contributed by atoms with van der Waals surface area (Å²) in [5, 5.41) is 3.51. The Hall–Kier alpha value is -2.86. The molecule has 138 valence electrons. The van der Waals surface area contributed by atoms with Gasteiger partial charge in [0.2, 0.25) is 5.82 Å². The van der Waals surface area contributed by atoms with Crippen molar-refractivity contribution < 1.29 is 9.59 Å². The third-order valence-corrected chi connectivity index (χ3v) is 4.97. The number of nitrogens with one attached hydrogen (secondary N) is 1. The zero-order chi connectivity index (χ0) is 18.8. The summed E-state index contributed by atoms with van der Waals surface area (Å²) in [6.45, 7) is 1.83. The van der Waals surface area contributed by atoms with E-state index in [1.165, 1.54) is 0 Å². The maximum atomic E-state index is 12.8. The first-order valence-electron chi connectivity index (χ1n) is 8.92. The minimum Gasteiger partial charge on any atom is -0.345 e. The van der Waals surface area contributed by atoms with Gasteiger partial charge in [-0.1, -0.05) is 29.8 Å². The number of carbonyl (C=O) groups is 2. The molecule has 7 heteroatoms. The number of nitrogens with zero attached hydrogens (tertiary/aromatic N) is 3. The number of halogens is 1. The lowest BCUT2D eigenvalue weighted by atomic mass is 10.2. The van der Waals surface area contributed by atoms with E-state index in [-0.39, 0.29) is 17.6 Å². The van der Waals surface area contributed by atoms with Crippen molar-refractivity contribution in [2.45, 2.75) is 19.4 Å². The van der Waals surface area contributed by atoms with Crippen molar-refractivity contribution in [3.63, 3.8) is 0 Å². The van der Waals surface area contributed by atoms with E-state index < -0.39 is 0 Å². The van der Waals surface area contributed by atoms with E-state index in [9.17, 15) is 9.59 Å². The molecule has 4 rings (SSSR count). The first-order chi connectivity index (χ1) is 13.1. The number of imidazole rings is 1. The fraction of sp³-hybridized carbons (Fsp3) is 0.250. The molecule has 1 aromatic carbocycles. The summed E-state index contributed by atoms with van der Waals surface area (Å²) in [5.74, 6) is -0.235. The van der Waals surface area contributed by atoms with E-state index in [1.54, 1.807) is 27.6 Å². The molecule has 1 aliphatic heterocycles. The van der Waals surface area contributed by atoms with Gasteiger partial charge in [0.05, 0.1) is 5.52 Å². The van der Waals surface area contributed by atoms with Crippen LogP contribution >= 0.6 is 11.6 Å². The molecule has 1 saturated heterocycles. The molecule has 0 bridgehead atoms. The van der Waals surface area contributed by atoms with Crippen LogP contribution in [0.5, 0.6) is 0 Å². The van der Waals surface area contributed by atoms with Gasteiger partial charge in [-0.25, -0.2) is 4.98 Å². The molecular weight excluding hydrogens is 364 g/mol. The maximum Gasteiger partial charge on any atom is 0.287 e. The molecule has 1 fully saturated rings. The summed E-state index contributed by atoms with van der Waals surface area (Å²) in [7, 11) is 0. The Kier molecular flexibility index (Phi) is 4.81. The number of rotatable bonds is 4. The van der Waals surface area contributed by atoms with Crippen LogP contribution in [0, 0.1) is 0 Å². The maximum absolute atomic E-state index is 12.8. The van der Waals surface area contributed by atoms with Crippen molar-refractivity contribution in [2.75, 3.05) is 13.1 Å². The Morgan fingerprint density at radius 2 is 1.81 bits per heavy atom. The normalized spacial score (nSPS) is 13.9. The number of aromatic nitrogens is 2. The minimum absolute atomic E-state index is 0.118. The van der Waals surface area contributed by atoms with Gasteiger partial charge < -0.3 is 10.2 Å². The second kappa shape index (κ2) is 7.40. The third-order valence-electron chi connectivity index (χ3n) is 4.71. The summed E-state index contributed by atoms with van der Waals surface area (Å²) >= 11 is 5.89. The molecule has 3 aromatic rings. The number of likely N-dealkylation sites (tertiary alicyclic amines) is 1. The molecule has 0 radical (unpaired) electrons. The van der Waals surface area contributed by atoms with Crippen molar-refractivity contribution in [2.24, 2.45) is 0 Å². The fourth-order valence-electron chi connectivity index (χ4n) is 3.29. The van der Waals surface area contributed by atoms with Crippen LogP contribution in [-0.2, 0) is 6.54 Å². The predicted molar refractivity (Wildman–Crippen MR) is 103 cm³/mol. The van der Waals surface area contributed by atoms with Crippen molar-refractivity contribution in [1.82, 2.24) is 19.6 Å². The van der Waals surface area contributed by atoms with E-state index in [1.807, 2.05) is 30.3 Å². The highest BCUT2D eigenvalue weighted by atomic mass is 35.5. The second-order valence-electron chi connectivity index (χ2n) is 6.55. The number of fused-ring (bicyclic) bond motifs is 1. The quantitative estimate of drug-likeness (QED) is 0.753. The molecule has 1 N–H and O–H groups in total. The van der Waals surface area contributed by atoms with E-state index in [2.05, 4.69) is 10.3 Å². The Labute approximate surface area is 161 Å². The van der Waals surface area contributed by atoms with Gasteiger partial charge in [0, 0.05) is 30.9 Å². The van der Waals surface area contributed by atoms with Crippen LogP contribution in [0.1, 0.15) is 39.5 Å². The summed E-state index contributed by atoms with van der Waals surface area (Å²) in [4.78, 5) is 31.7. The Bertz CT molecular complexity index is 991. The largest absolute Gasteiger partial charge is 0.345 e. The zero-order valence-electron chi connectivity index (χ0n) is 14.7. The van der Waals surface area contributed by atoms with Crippen molar-refractivity contribution in [3.05, 3.63) is 70.8 Å². The predicted octanol–water partition coefficient (Wildman–Crippen LogP) is 3.15. The SMILES string of the molecule is O=C(NCc1ccc(Cl)cc1)c1nc(C(=O)N2CCCC2)c2ccccn12. The number of hydrogen-bond donors (Lipinski definition) is 1. The number of amides is 2. The van der Waals surface area contributed by atoms with Crippen molar-refractivity contribution in [1.29, 1.82) is 0 Å². The van der Waals surface area contributed by atoms with Gasteiger partial charge in [-0.3, -0.25) is 14.0 Å². The molecule has 2 aromatic heterocycles. The van der Waals surface area contributed by atoms with Gasteiger partial charge in [-0.05, 0) is 42.7 Å². The average Bonchev–Trinajstić information content (AvgIpc) is 3.35. The fourth-order valence-corrected chi connectivity index (χ4v) is 3.42. The van der Waals surface area contributed by atoms with Crippen molar-refractivity contribution >= 4 is 28.9 Å². The van der Waals surface area contributed by atoms with Crippen LogP contribution in [0.15, 0.2) is 48.7 Å². The van der Waals surface area contributed by atoms with Crippen LogP contribution in [0.2, 0.25) is 5.02 Å². The lowest BCUT2D eigenvalue weighted by Crippen LogP contribution is -2.28. The molecular formula is C20H19ClN4O2. The number of carbonyl (C=O) groups excluding carboxylic acids is 2. The number of benzene rings is 1. The summed E-state index contributed by atoms with van der Waals surface area (Å²) in [5.41, 5.74) is 1.90. The molecule has 1 aliphatic rings. The number of pyridine rings is 1. The third kappa shape index (κ3) is 3.53. The lowest BCUT2D eigenvalue weighted by molar-refractivity contribution is 0.0789. The average molecular weight is 383 g/mol. The van der Waals surface area contributed by atoms with Crippen molar-refractivity contribution in [3.8, 4) is 0 Å². The standard InChI is InChI=1S/C20H19ClN4O2/c21-15-8-6-14(7-9-15)13-22-19(26)18-23-17(16-5-1-2-12-25(16)18)20(27)24-10-3-4-11-24/h1-2,5-9,12H,3-4,10-11,13H2,(H,22,26). The van der Waals surface area contributed by atoms with Crippen LogP contribution < -0.4 is 5.32 Å². The molecule has 0 unspecified atom stereocenters. The van der Waals surface area contributed by atoms with Crippen LogP contribution in [0.3, 0.4) is 0 Å². The molecule has 0 saturated carbocycles. The van der Waals surface area contributed by atoms with Crippen LogP contribution in [0.4, 0.5) is 0 Å². The van der Waals surface area contributed by atoms with Gasteiger partial charge in [0.1, 0.15) is 0 Å². The first kappa shape index (κ1) is 17.5. The summed E-state index contributed by atoms with van der Waals surface area (Å²) < 4.78 is 1.67.